The summed E-state index contributed by atoms with van der Waals surface area (Å²) in [5.74, 6) is -2.20. The van der Waals surface area contributed by atoms with Gasteiger partial charge in [-0.05, 0) is 17.7 Å². The zero-order chi connectivity index (χ0) is 24.4. The highest BCUT2D eigenvalue weighted by Crippen LogP contribution is 2.32. The van der Waals surface area contributed by atoms with E-state index < -0.39 is 47.0 Å². The zero-order valence-electron chi connectivity index (χ0n) is 18.1. The van der Waals surface area contributed by atoms with Gasteiger partial charge in [0, 0.05) is 20.0 Å². The Labute approximate surface area is 192 Å². The van der Waals surface area contributed by atoms with Crippen molar-refractivity contribution in [2.24, 2.45) is 7.05 Å². The first-order valence-corrected chi connectivity index (χ1v) is 10.3. The molecule has 0 aliphatic carbocycles. The van der Waals surface area contributed by atoms with Gasteiger partial charge in [-0.25, -0.2) is 18.7 Å². The summed E-state index contributed by atoms with van der Waals surface area (Å²) in [4.78, 5) is 47.5. The van der Waals surface area contributed by atoms with Gasteiger partial charge in [0.05, 0.1) is 12.4 Å². The number of rotatable bonds is 4. The van der Waals surface area contributed by atoms with Gasteiger partial charge in [-0.15, -0.1) is 0 Å². The molecule has 1 fully saturated rings. The number of alkyl halides is 1. The van der Waals surface area contributed by atoms with Crippen LogP contribution in [0.5, 0.6) is 5.75 Å². The number of halogens is 2. The summed E-state index contributed by atoms with van der Waals surface area (Å²) in [5, 5.41) is 12.8. The van der Waals surface area contributed by atoms with E-state index in [0.717, 1.165) is 4.57 Å². The third kappa shape index (κ3) is 4.47. The van der Waals surface area contributed by atoms with Crippen LogP contribution in [-0.2, 0) is 13.6 Å². The maximum absolute atomic E-state index is 14.4. The van der Waals surface area contributed by atoms with Crippen LogP contribution >= 0.6 is 0 Å². The monoisotopic (exact) mass is 471 g/mol. The molecule has 1 saturated heterocycles. The predicted molar refractivity (Wildman–Crippen MR) is 113 cm³/mol. The number of nitrogens with zero attached hydrogens (tertiary/aromatic N) is 5. The van der Waals surface area contributed by atoms with E-state index in [1.54, 1.807) is 0 Å². The number of benzene rings is 1. The van der Waals surface area contributed by atoms with Crippen molar-refractivity contribution in [3.8, 4) is 5.75 Å². The number of aromatic nitrogens is 4. The lowest BCUT2D eigenvalue weighted by Gasteiger charge is -2.19. The number of hydrogen-bond acceptors (Lipinski definition) is 6. The molecule has 34 heavy (non-hydrogen) atoms. The lowest BCUT2D eigenvalue weighted by atomic mass is 10.1. The van der Waals surface area contributed by atoms with Crippen molar-refractivity contribution in [2.45, 2.75) is 25.2 Å². The van der Waals surface area contributed by atoms with Crippen molar-refractivity contribution in [3.63, 3.8) is 0 Å². The number of nitrogens with one attached hydrogen (secondary N) is 1. The van der Waals surface area contributed by atoms with Gasteiger partial charge in [0.1, 0.15) is 30.9 Å². The quantitative estimate of drug-likeness (QED) is 0.548. The second kappa shape index (κ2) is 9.33. The van der Waals surface area contributed by atoms with E-state index in [0.29, 0.717) is 5.56 Å². The van der Waals surface area contributed by atoms with Crippen molar-refractivity contribution >= 4 is 11.9 Å². The van der Waals surface area contributed by atoms with Crippen molar-refractivity contribution in [1.82, 2.24) is 24.8 Å². The second-order valence-corrected chi connectivity index (χ2v) is 7.78. The fraction of sp³-hybridized carbons (Fsp3) is 0.273. The first-order valence-electron chi connectivity index (χ1n) is 10.3. The second-order valence-electron chi connectivity index (χ2n) is 7.78. The normalized spacial score (nSPS) is 17.6. The Kier molecular flexibility index (Phi) is 6.30. The van der Waals surface area contributed by atoms with E-state index in [1.807, 2.05) is 0 Å². The highest BCUT2D eigenvalue weighted by molar-refractivity contribution is 5.94. The molecule has 0 bridgehead atoms. The highest BCUT2D eigenvalue weighted by Gasteiger charge is 2.46. The average Bonchev–Trinajstić information content (AvgIpc) is 3.23. The summed E-state index contributed by atoms with van der Waals surface area (Å²) < 4.78 is 29.7. The molecular weight excluding hydrogens is 450 g/mol. The number of carbonyl (C=O) groups is 2. The van der Waals surface area contributed by atoms with Gasteiger partial charge in [0.2, 0.25) is 5.75 Å². The van der Waals surface area contributed by atoms with Crippen molar-refractivity contribution in [1.29, 1.82) is 0 Å². The van der Waals surface area contributed by atoms with Crippen LogP contribution < -0.4 is 15.4 Å². The number of carbonyl (C=O) groups excluding carboxylic acids is 2. The minimum Gasteiger partial charge on any atom is -0.501 e. The Morgan fingerprint density at radius 3 is 2.59 bits per heavy atom. The first-order chi connectivity index (χ1) is 16.3. The van der Waals surface area contributed by atoms with Crippen molar-refractivity contribution in [3.05, 3.63) is 82.3 Å². The molecule has 0 saturated carbocycles. The van der Waals surface area contributed by atoms with E-state index in [9.17, 15) is 28.3 Å². The van der Waals surface area contributed by atoms with Gasteiger partial charge in [-0.2, -0.15) is 9.36 Å². The maximum Gasteiger partial charge on any atom is 0.498 e. The molecule has 0 unspecified atom stereocenters. The number of hydrogen-bond donors (Lipinski definition) is 2. The third-order valence-electron chi connectivity index (χ3n) is 5.52. The largest absolute Gasteiger partial charge is 0.501 e. The Balaban J connectivity index is 1.65. The van der Waals surface area contributed by atoms with Gasteiger partial charge in [0.25, 0.3) is 11.5 Å². The Bertz CT molecular complexity index is 1280. The molecule has 3 aromatic rings. The molecule has 0 spiro atoms. The van der Waals surface area contributed by atoms with Crippen LogP contribution in [0.3, 0.4) is 0 Å². The van der Waals surface area contributed by atoms with E-state index >= 15 is 0 Å². The summed E-state index contributed by atoms with van der Waals surface area (Å²) >= 11 is 0. The van der Waals surface area contributed by atoms with Crippen LogP contribution in [0.15, 0.2) is 53.8 Å². The maximum atomic E-state index is 14.4. The van der Waals surface area contributed by atoms with Crippen molar-refractivity contribution < 1.29 is 28.0 Å². The molecule has 2 aromatic heterocycles. The number of aromatic hydroxyl groups is 1. The lowest BCUT2D eigenvalue weighted by molar-refractivity contribution is -0.579. The average molecular weight is 471 g/mol. The molecule has 1 aliphatic rings. The Morgan fingerprint density at radius 1 is 1.24 bits per heavy atom. The summed E-state index contributed by atoms with van der Waals surface area (Å²) in [7, 11) is 1.32. The molecule has 12 heteroatoms. The Hall–Kier alpha value is -4.22. The zero-order valence-corrected chi connectivity index (χ0v) is 18.1. The molecule has 2 amide bonds. The fourth-order valence-corrected chi connectivity index (χ4v) is 3.77. The summed E-state index contributed by atoms with van der Waals surface area (Å²) in [6.07, 6.45) is 4.09. The summed E-state index contributed by atoms with van der Waals surface area (Å²) in [6, 6.07) is 3.89. The molecule has 2 atom stereocenters. The number of likely N-dealkylation sites (tertiary alicyclic amines) is 1. The van der Waals surface area contributed by atoms with Gasteiger partial charge in [-0.3, -0.25) is 19.1 Å². The molecule has 2 N–H and O–H groups in total. The minimum absolute atomic E-state index is 0.00987. The van der Waals surface area contributed by atoms with Crippen LogP contribution in [0.4, 0.5) is 13.6 Å². The molecule has 176 valence electrons. The molecule has 3 heterocycles. The van der Waals surface area contributed by atoms with Crippen LogP contribution in [-0.4, -0.2) is 49.2 Å². The van der Waals surface area contributed by atoms with Crippen LogP contribution in [0.2, 0.25) is 0 Å². The molecule has 1 aliphatic heterocycles. The predicted octanol–water partition coefficient (Wildman–Crippen LogP) is 0.991. The fourth-order valence-electron chi connectivity index (χ4n) is 3.77. The summed E-state index contributed by atoms with van der Waals surface area (Å²) in [6.45, 7) is -0.244. The molecule has 4 rings (SSSR count). The van der Waals surface area contributed by atoms with Crippen LogP contribution in [0, 0.1) is 5.82 Å². The minimum atomic E-state index is -1.38. The Morgan fingerprint density at radius 2 is 1.91 bits per heavy atom. The van der Waals surface area contributed by atoms with Gasteiger partial charge in [-0.1, -0.05) is 12.1 Å². The number of amides is 2. The molecular formula is C22H21F2N6O4+. The topological polar surface area (TPSA) is 121 Å². The molecule has 1 aromatic carbocycles. The first kappa shape index (κ1) is 23.0. The van der Waals surface area contributed by atoms with E-state index in [2.05, 4.69) is 15.3 Å². The standard InChI is InChI=1S/C22H20F2N6O4/c1-28-19(16-10-15(24)12-30(16)22(34)29-8-6-25-7-9-29)27-17(18(31)21(28)33)20(32)26-11-13-2-4-14(23)5-3-13/h2-9,15-16H,10-12H2,1H3,(H-,26,31,32)/p+1/t15-,16-/m0/s1. The van der Waals surface area contributed by atoms with Gasteiger partial charge in [0.15, 0.2) is 17.6 Å². The lowest BCUT2D eigenvalue weighted by Crippen LogP contribution is -2.52. The van der Waals surface area contributed by atoms with Gasteiger partial charge >= 0.3 is 6.03 Å². The van der Waals surface area contributed by atoms with Crippen LogP contribution in [0.1, 0.15) is 34.3 Å². The third-order valence-corrected chi connectivity index (χ3v) is 5.52. The molecule has 10 nitrogen and oxygen atoms in total. The van der Waals surface area contributed by atoms with Crippen molar-refractivity contribution in [2.75, 3.05) is 6.54 Å². The summed E-state index contributed by atoms with van der Waals surface area (Å²) in [5.41, 5.74) is -0.879. The van der Waals surface area contributed by atoms with E-state index in [-0.39, 0.29) is 25.3 Å². The van der Waals surface area contributed by atoms with Crippen LogP contribution in [0.25, 0.3) is 0 Å². The SMILES string of the molecule is Cn1c([C@@H]2C[C@H](F)CN2C(=O)[n+]2ccncc2)nc(C(=O)NCc2ccc(F)cc2)c(O)c1=O. The van der Waals surface area contributed by atoms with E-state index in [4.69, 9.17) is 0 Å². The molecule has 0 radical (unpaired) electrons. The van der Waals surface area contributed by atoms with Gasteiger partial charge < -0.3 is 10.4 Å². The smallest absolute Gasteiger partial charge is 0.498 e. The highest BCUT2D eigenvalue weighted by atomic mass is 19.1. The van der Waals surface area contributed by atoms with E-state index in [1.165, 1.54) is 65.6 Å².